The van der Waals surface area contributed by atoms with Crippen LogP contribution in [0, 0.1) is 0 Å². The van der Waals surface area contributed by atoms with Crippen molar-refractivity contribution in [2.45, 2.75) is 53.9 Å². The van der Waals surface area contributed by atoms with Crippen molar-refractivity contribution in [3.8, 4) is 0 Å². The molecule has 0 aromatic carbocycles. The van der Waals surface area contributed by atoms with Crippen LogP contribution in [0.2, 0.25) is 0 Å². The first kappa shape index (κ1) is 20.1. The molecule has 0 aromatic heterocycles. The Balaban J connectivity index is 4.76. The molecule has 0 aromatic rings. The van der Waals surface area contributed by atoms with Gasteiger partial charge in [-0.3, -0.25) is 4.99 Å². The lowest BCUT2D eigenvalue weighted by atomic mass is 10.0. The largest absolute Gasteiger partial charge is 0.254 e. The van der Waals surface area contributed by atoms with Crippen LogP contribution in [0.4, 0.5) is 0 Å². The number of rotatable bonds is 9. The van der Waals surface area contributed by atoms with Gasteiger partial charge in [0, 0.05) is 5.71 Å². The summed E-state index contributed by atoms with van der Waals surface area (Å²) in [6.45, 7) is 22.4. The molecule has 0 atom stereocenters. The van der Waals surface area contributed by atoms with Crippen molar-refractivity contribution in [3.05, 3.63) is 72.0 Å². The van der Waals surface area contributed by atoms with Crippen molar-refractivity contribution in [2.75, 3.05) is 0 Å². The standard InChI is InChI=1S/C21H31N/c1-9-17(5)11-12-18(6)13-14-21(10-2)20(8)22-19(7)15-16(3)4/h10,13-15H,5-6,8-9,11-12H2,1-4,7H3/b14-13-,21-10+,22-19?. The maximum atomic E-state index is 4.54. The Morgan fingerprint density at radius 1 is 1.00 bits per heavy atom. The van der Waals surface area contributed by atoms with Crippen LogP contribution in [-0.2, 0) is 0 Å². The monoisotopic (exact) mass is 297 g/mol. The molecule has 22 heavy (non-hydrogen) atoms. The van der Waals surface area contributed by atoms with Crippen LogP contribution in [0.5, 0.6) is 0 Å². The summed E-state index contributed by atoms with van der Waals surface area (Å²) in [4.78, 5) is 4.54. The van der Waals surface area contributed by atoms with Gasteiger partial charge >= 0.3 is 0 Å². The van der Waals surface area contributed by atoms with Crippen LogP contribution in [0.25, 0.3) is 0 Å². The molecule has 0 amide bonds. The lowest BCUT2D eigenvalue weighted by molar-refractivity contribution is 0.896. The van der Waals surface area contributed by atoms with E-state index in [2.05, 4.69) is 57.7 Å². The molecule has 0 aliphatic heterocycles. The Morgan fingerprint density at radius 3 is 2.14 bits per heavy atom. The SMILES string of the molecule is C=C(/C=C\C(=C/C)C(=C)N=C(C)C=C(C)C)CCC(=C)CC. The Kier molecular flexibility index (Phi) is 9.86. The zero-order valence-corrected chi connectivity index (χ0v) is 15.0. The fourth-order valence-electron chi connectivity index (χ4n) is 1.89. The highest BCUT2D eigenvalue weighted by Gasteiger charge is 1.98. The van der Waals surface area contributed by atoms with E-state index in [1.807, 2.05) is 26.0 Å². The third kappa shape index (κ3) is 9.12. The molecule has 1 nitrogen and oxygen atoms in total. The first-order chi connectivity index (χ1) is 10.3. The molecule has 0 aliphatic rings. The van der Waals surface area contributed by atoms with Gasteiger partial charge in [0.1, 0.15) is 0 Å². The van der Waals surface area contributed by atoms with Crippen molar-refractivity contribution >= 4 is 5.71 Å². The number of aliphatic imine (C=N–C) groups is 1. The second-order valence-corrected chi connectivity index (χ2v) is 5.76. The number of allylic oxidation sites excluding steroid dienone is 7. The highest BCUT2D eigenvalue weighted by atomic mass is 14.7. The average molecular weight is 297 g/mol. The molecule has 0 aliphatic carbocycles. The molecule has 0 saturated heterocycles. The zero-order chi connectivity index (χ0) is 17.1. The van der Waals surface area contributed by atoms with Crippen molar-refractivity contribution < 1.29 is 0 Å². The van der Waals surface area contributed by atoms with Crippen LogP contribution in [-0.4, -0.2) is 5.71 Å². The molecule has 0 radical (unpaired) electrons. The third-order valence-electron chi connectivity index (χ3n) is 3.25. The van der Waals surface area contributed by atoms with Gasteiger partial charge in [0.05, 0.1) is 5.70 Å². The maximum absolute atomic E-state index is 4.54. The van der Waals surface area contributed by atoms with Gasteiger partial charge in [0.25, 0.3) is 0 Å². The van der Waals surface area contributed by atoms with Gasteiger partial charge in [-0.15, -0.1) is 0 Å². The zero-order valence-electron chi connectivity index (χ0n) is 15.0. The lowest BCUT2D eigenvalue weighted by Gasteiger charge is -2.04. The number of hydrogen-bond acceptors (Lipinski definition) is 1. The summed E-state index contributed by atoms with van der Waals surface area (Å²) >= 11 is 0. The van der Waals surface area contributed by atoms with Gasteiger partial charge < -0.3 is 0 Å². The smallest absolute Gasteiger partial charge is 0.0630 e. The molecular formula is C21H31N. The van der Waals surface area contributed by atoms with Gasteiger partial charge in [-0.1, -0.05) is 61.6 Å². The summed E-state index contributed by atoms with van der Waals surface area (Å²) in [6, 6.07) is 0. The fourth-order valence-corrected chi connectivity index (χ4v) is 1.89. The van der Waals surface area contributed by atoms with Crippen LogP contribution < -0.4 is 0 Å². The van der Waals surface area contributed by atoms with Crippen molar-refractivity contribution in [1.82, 2.24) is 0 Å². The first-order valence-electron chi connectivity index (χ1n) is 7.88. The molecule has 0 unspecified atom stereocenters. The van der Waals surface area contributed by atoms with Crippen molar-refractivity contribution in [2.24, 2.45) is 4.99 Å². The highest BCUT2D eigenvalue weighted by molar-refractivity contribution is 5.94. The highest BCUT2D eigenvalue weighted by Crippen LogP contribution is 2.16. The van der Waals surface area contributed by atoms with Gasteiger partial charge in [-0.25, -0.2) is 0 Å². The van der Waals surface area contributed by atoms with E-state index in [0.29, 0.717) is 0 Å². The maximum Gasteiger partial charge on any atom is 0.0630 e. The molecular weight excluding hydrogens is 266 g/mol. The van der Waals surface area contributed by atoms with Crippen LogP contribution in [0.15, 0.2) is 77.0 Å². The van der Waals surface area contributed by atoms with Gasteiger partial charge in [0.2, 0.25) is 0 Å². The summed E-state index contributed by atoms with van der Waals surface area (Å²) in [5, 5.41) is 0. The van der Waals surface area contributed by atoms with Crippen molar-refractivity contribution in [1.29, 1.82) is 0 Å². The quantitative estimate of drug-likeness (QED) is 0.254. The van der Waals surface area contributed by atoms with E-state index in [4.69, 9.17) is 0 Å². The van der Waals surface area contributed by atoms with Gasteiger partial charge in [-0.2, -0.15) is 0 Å². The molecule has 120 valence electrons. The Morgan fingerprint density at radius 2 is 1.64 bits per heavy atom. The minimum Gasteiger partial charge on any atom is -0.254 e. The molecule has 0 N–H and O–H groups in total. The molecule has 0 rings (SSSR count). The Bertz CT molecular complexity index is 532. The van der Waals surface area contributed by atoms with Crippen LogP contribution in [0.1, 0.15) is 53.9 Å². The van der Waals surface area contributed by atoms with Crippen molar-refractivity contribution in [3.63, 3.8) is 0 Å². The summed E-state index contributed by atoms with van der Waals surface area (Å²) in [6.07, 6.45) is 11.2. The van der Waals surface area contributed by atoms with Gasteiger partial charge in [0.15, 0.2) is 0 Å². The second kappa shape index (κ2) is 10.8. The van der Waals surface area contributed by atoms with E-state index < -0.39 is 0 Å². The minimum absolute atomic E-state index is 0.777. The summed E-state index contributed by atoms with van der Waals surface area (Å²) in [5.74, 6) is 0. The van der Waals surface area contributed by atoms with Gasteiger partial charge in [-0.05, 0) is 58.6 Å². The summed E-state index contributed by atoms with van der Waals surface area (Å²) in [7, 11) is 0. The molecule has 0 bridgehead atoms. The average Bonchev–Trinajstić information content (AvgIpc) is 2.44. The molecule has 0 spiro atoms. The van der Waals surface area contributed by atoms with E-state index >= 15 is 0 Å². The van der Waals surface area contributed by atoms with E-state index in [-0.39, 0.29) is 0 Å². The van der Waals surface area contributed by atoms with Crippen LogP contribution in [0.3, 0.4) is 0 Å². The molecule has 1 heteroatoms. The van der Waals surface area contributed by atoms with E-state index in [0.717, 1.165) is 41.8 Å². The molecule has 0 fully saturated rings. The minimum atomic E-state index is 0.777. The number of hydrogen-bond donors (Lipinski definition) is 0. The van der Waals surface area contributed by atoms with E-state index in [1.165, 1.54) is 11.1 Å². The lowest BCUT2D eigenvalue weighted by Crippen LogP contribution is -1.90. The Labute approximate surface area is 137 Å². The first-order valence-corrected chi connectivity index (χ1v) is 7.88. The summed E-state index contributed by atoms with van der Waals surface area (Å²) < 4.78 is 0. The predicted molar refractivity (Wildman–Crippen MR) is 102 cm³/mol. The van der Waals surface area contributed by atoms with E-state index in [1.54, 1.807) is 0 Å². The normalized spacial score (nSPS) is 12.4. The topological polar surface area (TPSA) is 12.4 Å². The predicted octanol–water partition coefficient (Wildman–Crippen LogP) is 6.73. The fraction of sp³-hybridized carbons (Fsp3) is 0.381. The molecule has 0 saturated carbocycles. The second-order valence-electron chi connectivity index (χ2n) is 5.76. The number of nitrogens with zero attached hydrogens (tertiary/aromatic N) is 1. The Hall–Kier alpha value is -1.89. The van der Waals surface area contributed by atoms with E-state index in [9.17, 15) is 0 Å². The summed E-state index contributed by atoms with van der Waals surface area (Å²) in [5.41, 5.74) is 6.38. The molecule has 0 heterocycles. The van der Waals surface area contributed by atoms with Crippen LogP contribution >= 0.6 is 0 Å². The third-order valence-corrected chi connectivity index (χ3v) is 3.25.